The van der Waals surface area contributed by atoms with Crippen LogP contribution in [-0.4, -0.2) is 30.3 Å². The summed E-state index contributed by atoms with van der Waals surface area (Å²) in [5.41, 5.74) is 1.92. The van der Waals surface area contributed by atoms with E-state index in [2.05, 4.69) is 15.5 Å². The average Bonchev–Trinajstić information content (AvgIpc) is 3.27. The minimum atomic E-state index is -0.121. The Bertz CT molecular complexity index is 655. The number of benzene rings is 1. The number of ether oxygens (including phenoxy) is 2. The molecule has 1 aliphatic rings. The zero-order valence-electron chi connectivity index (χ0n) is 12.7. The SMILES string of the molecule is COc1cc(CC(=O)Nc2cc(C3CC3)[nH]n2)cc(OC)c1. The van der Waals surface area contributed by atoms with Crippen molar-refractivity contribution in [3.63, 3.8) is 0 Å². The lowest BCUT2D eigenvalue weighted by Crippen LogP contribution is -2.14. The molecule has 0 spiro atoms. The number of hydrogen-bond acceptors (Lipinski definition) is 4. The van der Waals surface area contributed by atoms with E-state index in [1.54, 1.807) is 20.3 Å². The largest absolute Gasteiger partial charge is 0.497 e. The number of anilines is 1. The summed E-state index contributed by atoms with van der Waals surface area (Å²) < 4.78 is 10.4. The van der Waals surface area contributed by atoms with Crippen molar-refractivity contribution in [2.45, 2.75) is 25.2 Å². The maximum absolute atomic E-state index is 12.1. The van der Waals surface area contributed by atoms with Gasteiger partial charge in [-0.15, -0.1) is 0 Å². The lowest BCUT2D eigenvalue weighted by molar-refractivity contribution is -0.115. The number of nitrogens with one attached hydrogen (secondary N) is 2. The maximum atomic E-state index is 12.1. The Morgan fingerprint density at radius 2 is 1.91 bits per heavy atom. The first kappa shape index (κ1) is 14.4. The molecular formula is C16H19N3O3. The number of methoxy groups -OCH3 is 2. The highest BCUT2D eigenvalue weighted by Crippen LogP contribution is 2.39. The molecule has 2 aromatic rings. The summed E-state index contributed by atoms with van der Waals surface area (Å²) >= 11 is 0. The fourth-order valence-corrected chi connectivity index (χ4v) is 2.34. The quantitative estimate of drug-likeness (QED) is 0.859. The molecule has 0 radical (unpaired) electrons. The highest BCUT2D eigenvalue weighted by Gasteiger charge is 2.25. The number of hydrogen-bond donors (Lipinski definition) is 2. The maximum Gasteiger partial charge on any atom is 0.229 e. The Kier molecular flexibility index (Phi) is 4.00. The van der Waals surface area contributed by atoms with Gasteiger partial charge in [0.1, 0.15) is 11.5 Å². The van der Waals surface area contributed by atoms with Crippen molar-refractivity contribution >= 4 is 11.7 Å². The molecule has 1 aromatic heterocycles. The molecule has 0 aliphatic heterocycles. The molecule has 0 saturated heterocycles. The highest BCUT2D eigenvalue weighted by atomic mass is 16.5. The Hall–Kier alpha value is -2.50. The van der Waals surface area contributed by atoms with E-state index < -0.39 is 0 Å². The third-order valence-corrected chi connectivity index (χ3v) is 3.66. The topological polar surface area (TPSA) is 76.2 Å². The van der Waals surface area contributed by atoms with Crippen molar-refractivity contribution in [3.8, 4) is 11.5 Å². The summed E-state index contributed by atoms with van der Waals surface area (Å²) in [5, 5.41) is 9.89. The Balaban J connectivity index is 1.65. The van der Waals surface area contributed by atoms with E-state index >= 15 is 0 Å². The van der Waals surface area contributed by atoms with Crippen LogP contribution in [0.2, 0.25) is 0 Å². The Morgan fingerprint density at radius 3 is 2.50 bits per heavy atom. The van der Waals surface area contributed by atoms with Gasteiger partial charge in [-0.05, 0) is 30.5 Å². The van der Waals surface area contributed by atoms with Gasteiger partial charge in [0.2, 0.25) is 5.91 Å². The molecule has 1 amide bonds. The molecule has 1 aromatic carbocycles. The lowest BCUT2D eigenvalue weighted by atomic mass is 10.1. The second-order valence-corrected chi connectivity index (χ2v) is 5.43. The van der Waals surface area contributed by atoms with Crippen LogP contribution in [0.5, 0.6) is 11.5 Å². The molecule has 0 unspecified atom stereocenters. The first-order valence-electron chi connectivity index (χ1n) is 7.25. The van der Waals surface area contributed by atoms with Crippen LogP contribution in [-0.2, 0) is 11.2 Å². The van der Waals surface area contributed by atoms with Crippen LogP contribution in [0, 0.1) is 0 Å². The van der Waals surface area contributed by atoms with Gasteiger partial charge in [-0.3, -0.25) is 9.89 Å². The van der Waals surface area contributed by atoms with Crippen molar-refractivity contribution in [1.29, 1.82) is 0 Å². The summed E-state index contributed by atoms with van der Waals surface area (Å²) in [5.74, 6) is 2.36. The first-order valence-corrected chi connectivity index (χ1v) is 7.25. The molecule has 22 heavy (non-hydrogen) atoms. The summed E-state index contributed by atoms with van der Waals surface area (Å²) in [6, 6.07) is 7.32. The zero-order chi connectivity index (χ0) is 15.5. The predicted octanol–water partition coefficient (Wildman–Crippen LogP) is 2.49. The second-order valence-electron chi connectivity index (χ2n) is 5.43. The number of H-pyrrole nitrogens is 1. The van der Waals surface area contributed by atoms with Gasteiger partial charge in [-0.25, -0.2) is 0 Å². The molecule has 0 bridgehead atoms. The lowest BCUT2D eigenvalue weighted by Gasteiger charge is -2.08. The molecule has 1 aliphatic carbocycles. The third-order valence-electron chi connectivity index (χ3n) is 3.66. The average molecular weight is 301 g/mol. The van der Waals surface area contributed by atoms with E-state index in [1.807, 2.05) is 18.2 Å². The number of aromatic amines is 1. The first-order chi connectivity index (χ1) is 10.7. The Labute approximate surface area is 128 Å². The number of nitrogens with zero attached hydrogens (tertiary/aromatic N) is 1. The standard InChI is InChI=1S/C16H19N3O3/c1-21-12-5-10(6-13(8-12)22-2)7-16(20)17-15-9-14(18-19-15)11-3-4-11/h5-6,8-9,11H,3-4,7H2,1-2H3,(H2,17,18,19,20). The van der Waals surface area contributed by atoms with Gasteiger partial charge in [0.15, 0.2) is 5.82 Å². The van der Waals surface area contributed by atoms with Gasteiger partial charge in [0.05, 0.1) is 20.6 Å². The van der Waals surface area contributed by atoms with Gasteiger partial charge in [0.25, 0.3) is 0 Å². The Morgan fingerprint density at radius 1 is 1.23 bits per heavy atom. The van der Waals surface area contributed by atoms with Crippen LogP contribution >= 0.6 is 0 Å². The van der Waals surface area contributed by atoms with Crippen LogP contribution in [0.25, 0.3) is 0 Å². The molecule has 3 rings (SSSR count). The molecule has 0 atom stereocenters. The van der Waals surface area contributed by atoms with E-state index in [-0.39, 0.29) is 12.3 Å². The van der Waals surface area contributed by atoms with Crippen LogP contribution in [0.1, 0.15) is 30.0 Å². The summed E-state index contributed by atoms with van der Waals surface area (Å²) in [6.07, 6.45) is 2.62. The molecule has 1 heterocycles. The van der Waals surface area contributed by atoms with Crippen molar-refractivity contribution in [1.82, 2.24) is 10.2 Å². The molecule has 6 nitrogen and oxygen atoms in total. The molecule has 116 valence electrons. The van der Waals surface area contributed by atoms with E-state index in [4.69, 9.17) is 9.47 Å². The number of amides is 1. The number of carbonyl (C=O) groups excluding carboxylic acids is 1. The van der Waals surface area contributed by atoms with Crippen molar-refractivity contribution in [2.24, 2.45) is 0 Å². The summed E-state index contributed by atoms with van der Waals surface area (Å²) in [6.45, 7) is 0. The molecular weight excluding hydrogens is 282 g/mol. The molecule has 1 saturated carbocycles. The highest BCUT2D eigenvalue weighted by molar-refractivity contribution is 5.91. The number of carbonyl (C=O) groups is 1. The van der Waals surface area contributed by atoms with E-state index in [1.165, 1.54) is 12.8 Å². The minimum absolute atomic E-state index is 0.121. The van der Waals surface area contributed by atoms with Crippen molar-refractivity contribution in [3.05, 3.63) is 35.5 Å². The fourth-order valence-electron chi connectivity index (χ4n) is 2.34. The second kappa shape index (κ2) is 6.09. The molecule has 1 fully saturated rings. The van der Waals surface area contributed by atoms with Crippen LogP contribution in [0.15, 0.2) is 24.3 Å². The van der Waals surface area contributed by atoms with Crippen molar-refractivity contribution in [2.75, 3.05) is 19.5 Å². The third kappa shape index (κ3) is 3.39. The monoisotopic (exact) mass is 301 g/mol. The number of rotatable bonds is 6. The predicted molar refractivity (Wildman–Crippen MR) is 82.4 cm³/mol. The van der Waals surface area contributed by atoms with E-state index in [0.29, 0.717) is 23.2 Å². The smallest absolute Gasteiger partial charge is 0.229 e. The number of aromatic nitrogens is 2. The molecule has 6 heteroatoms. The summed E-state index contributed by atoms with van der Waals surface area (Å²) in [4.78, 5) is 12.1. The van der Waals surface area contributed by atoms with Gasteiger partial charge in [-0.1, -0.05) is 0 Å². The minimum Gasteiger partial charge on any atom is -0.497 e. The van der Waals surface area contributed by atoms with Gasteiger partial charge < -0.3 is 14.8 Å². The normalized spacial score (nSPS) is 13.7. The summed E-state index contributed by atoms with van der Waals surface area (Å²) in [7, 11) is 3.17. The zero-order valence-corrected chi connectivity index (χ0v) is 12.7. The van der Waals surface area contributed by atoms with Gasteiger partial charge >= 0.3 is 0 Å². The fraction of sp³-hybridized carbons (Fsp3) is 0.375. The van der Waals surface area contributed by atoms with E-state index in [9.17, 15) is 4.79 Å². The van der Waals surface area contributed by atoms with Crippen LogP contribution < -0.4 is 14.8 Å². The van der Waals surface area contributed by atoms with Gasteiger partial charge in [-0.2, -0.15) is 5.10 Å². The van der Waals surface area contributed by atoms with Crippen molar-refractivity contribution < 1.29 is 14.3 Å². The van der Waals surface area contributed by atoms with Crippen LogP contribution in [0.4, 0.5) is 5.82 Å². The van der Waals surface area contributed by atoms with E-state index in [0.717, 1.165) is 11.3 Å². The molecule has 2 N–H and O–H groups in total. The van der Waals surface area contributed by atoms with Crippen LogP contribution in [0.3, 0.4) is 0 Å². The van der Waals surface area contributed by atoms with Gasteiger partial charge in [0, 0.05) is 23.7 Å².